The molecule has 0 unspecified atom stereocenters. The number of nitrogens with two attached hydrogens (primary N) is 1. The summed E-state index contributed by atoms with van der Waals surface area (Å²) in [4.78, 5) is 11.6. The molecule has 2 rings (SSSR count). The second-order valence-corrected chi connectivity index (χ2v) is 4.14. The van der Waals surface area contributed by atoms with Gasteiger partial charge in [0.05, 0.1) is 24.0 Å². The van der Waals surface area contributed by atoms with Crippen molar-refractivity contribution in [1.29, 1.82) is 0 Å². The zero-order valence-corrected chi connectivity index (χ0v) is 10.9. The van der Waals surface area contributed by atoms with E-state index in [1.54, 1.807) is 0 Å². The molecule has 0 bridgehead atoms. The topological polar surface area (TPSA) is 64.3 Å². The average Bonchev–Trinajstić information content (AvgIpc) is 2.48. The SMILES string of the molecule is COC(=O)c1cc(N)ccc1Nc1ccc(F)c(F)c1F. The van der Waals surface area contributed by atoms with Crippen LogP contribution in [0.4, 0.5) is 30.2 Å². The number of anilines is 3. The molecule has 0 heterocycles. The molecule has 7 heteroatoms. The number of methoxy groups -OCH3 is 1. The first-order valence-electron chi connectivity index (χ1n) is 5.82. The molecule has 0 aliphatic rings. The van der Waals surface area contributed by atoms with E-state index in [4.69, 9.17) is 5.73 Å². The van der Waals surface area contributed by atoms with Gasteiger partial charge in [0.2, 0.25) is 0 Å². The molecule has 0 amide bonds. The summed E-state index contributed by atoms with van der Waals surface area (Å²) in [5.41, 5.74) is 5.75. The van der Waals surface area contributed by atoms with E-state index in [0.29, 0.717) is 5.69 Å². The van der Waals surface area contributed by atoms with Crippen LogP contribution in [0.25, 0.3) is 0 Å². The summed E-state index contributed by atoms with van der Waals surface area (Å²) in [6.07, 6.45) is 0. The number of rotatable bonds is 3. The molecule has 110 valence electrons. The van der Waals surface area contributed by atoms with Gasteiger partial charge in [0.1, 0.15) is 0 Å². The number of benzene rings is 2. The number of esters is 1. The summed E-state index contributed by atoms with van der Waals surface area (Å²) in [7, 11) is 1.17. The van der Waals surface area contributed by atoms with Gasteiger partial charge in [-0.2, -0.15) is 0 Å². The van der Waals surface area contributed by atoms with Crippen molar-refractivity contribution in [3.05, 3.63) is 53.3 Å². The Labute approximate surface area is 118 Å². The van der Waals surface area contributed by atoms with Gasteiger partial charge in [0.25, 0.3) is 0 Å². The number of nitrogen functional groups attached to an aromatic ring is 1. The van der Waals surface area contributed by atoms with E-state index >= 15 is 0 Å². The molecular formula is C14H11F3N2O2. The van der Waals surface area contributed by atoms with Crippen LogP contribution in [0, 0.1) is 17.5 Å². The fraction of sp³-hybridized carbons (Fsp3) is 0.0714. The van der Waals surface area contributed by atoms with E-state index in [-0.39, 0.29) is 16.9 Å². The number of nitrogens with one attached hydrogen (secondary N) is 1. The Balaban J connectivity index is 2.45. The fourth-order valence-corrected chi connectivity index (χ4v) is 1.72. The summed E-state index contributed by atoms with van der Waals surface area (Å²) in [6, 6.07) is 5.99. The zero-order chi connectivity index (χ0) is 15.6. The monoisotopic (exact) mass is 296 g/mol. The molecule has 3 N–H and O–H groups in total. The van der Waals surface area contributed by atoms with Crippen LogP contribution in [0.1, 0.15) is 10.4 Å². The largest absolute Gasteiger partial charge is 0.465 e. The second kappa shape index (κ2) is 5.74. The van der Waals surface area contributed by atoms with E-state index in [1.807, 2.05) is 0 Å². The average molecular weight is 296 g/mol. The maximum atomic E-state index is 13.6. The van der Waals surface area contributed by atoms with Crippen molar-refractivity contribution in [2.24, 2.45) is 0 Å². The molecule has 2 aromatic rings. The van der Waals surface area contributed by atoms with Gasteiger partial charge in [-0.05, 0) is 30.3 Å². The minimum atomic E-state index is -1.60. The van der Waals surface area contributed by atoms with Crippen molar-refractivity contribution < 1.29 is 22.7 Å². The summed E-state index contributed by atoms with van der Waals surface area (Å²) in [5, 5.41) is 2.51. The third kappa shape index (κ3) is 2.91. The summed E-state index contributed by atoms with van der Waals surface area (Å²) < 4.78 is 44.3. The molecule has 0 spiro atoms. The Bertz CT molecular complexity index is 705. The van der Waals surface area contributed by atoms with E-state index in [2.05, 4.69) is 10.1 Å². The predicted molar refractivity (Wildman–Crippen MR) is 71.8 cm³/mol. The Hall–Kier alpha value is -2.70. The van der Waals surface area contributed by atoms with Crippen molar-refractivity contribution in [1.82, 2.24) is 0 Å². The second-order valence-electron chi connectivity index (χ2n) is 4.14. The molecule has 0 aromatic heterocycles. The maximum Gasteiger partial charge on any atom is 0.340 e. The van der Waals surface area contributed by atoms with E-state index in [9.17, 15) is 18.0 Å². The van der Waals surface area contributed by atoms with Crippen LogP contribution >= 0.6 is 0 Å². The van der Waals surface area contributed by atoms with Gasteiger partial charge in [-0.25, -0.2) is 18.0 Å². The molecule has 0 aliphatic carbocycles. The molecule has 0 saturated heterocycles. The Morgan fingerprint density at radius 1 is 1.10 bits per heavy atom. The van der Waals surface area contributed by atoms with Crippen molar-refractivity contribution >= 4 is 23.0 Å². The molecule has 2 aromatic carbocycles. The van der Waals surface area contributed by atoms with Gasteiger partial charge < -0.3 is 15.8 Å². The first-order valence-corrected chi connectivity index (χ1v) is 5.82. The van der Waals surface area contributed by atoms with Crippen LogP contribution in [0.15, 0.2) is 30.3 Å². The van der Waals surface area contributed by atoms with Crippen LogP contribution in [0.5, 0.6) is 0 Å². The first-order chi connectivity index (χ1) is 9.93. The Morgan fingerprint density at radius 3 is 2.43 bits per heavy atom. The smallest absolute Gasteiger partial charge is 0.340 e. The van der Waals surface area contributed by atoms with Gasteiger partial charge in [0, 0.05) is 5.69 Å². The summed E-state index contributed by atoms with van der Waals surface area (Å²) >= 11 is 0. The highest BCUT2D eigenvalue weighted by atomic mass is 19.2. The number of hydrogen-bond acceptors (Lipinski definition) is 4. The van der Waals surface area contributed by atoms with Crippen molar-refractivity contribution in [3.63, 3.8) is 0 Å². The number of carbonyl (C=O) groups is 1. The van der Waals surface area contributed by atoms with Crippen LogP contribution in [0.3, 0.4) is 0 Å². The molecule has 0 saturated carbocycles. The van der Waals surface area contributed by atoms with Gasteiger partial charge in [-0.1, -0.05) is 0 Å². The number of halogens is 3. The van der Waals surface area contributed by atoms with E-state index in [1.165, 1.54) is 25.3 Å². The van der Waals surface area contributed by atoms with Gasteiger partial charge in [-0.15, -0.1) is 0 Å². The highest BCUT2D eigenvalue weighted by Gasteiger charge is 2.17. The minimum Gasteiger partial charge on any atom is -0.465 e. The Morgan fingerprint density at radius 2 is 1.76 bits per heavy atom. The van der Waals surface area contributed by atoms with Crippen molar-refractivity contribution in [3.8, 4) is 0 Å². The lowest BCUT2D eigenvalue weighted by molar-refractivity contribution is 0.0602. The van der Waals surface area contributed by atoms with E-state index < -0.39 is 23.4 Å². The molecule has 4 nitrogen and oxygen atoms in total. The van der Waals surface area contributed by atoms with Gasteiger partial charge in [-0.3, -0.25) is 0 Å². The predicted octanol–water partition coefficient (Wildman–Crippen LogP) is 3.22. The summed E-state index contributed by atoms with van der Waals surface area (Å²) in [6.45, 7) is 0. The van der Waals surface area contributed by atoms with Gasteiger partial charge in [0.15, 0.2) is 17.5 Å². The third-order valence-corrected chi connectivity index (χ3v) is 2.75. The lowest BCUT2D eigenvalue weighted by Gasteiger charge is -2.12. The zero-order valence-electron chi connectivity index (χ0n) is 10.9. The number of hydrogen-bond donors (Lipinski definition) is 2. The van der Waals surface area contributed by atoms with Crippen LogP contribution in [0.2, 0.25) is 0 Å². The first kappa shape index (κ1) is 14.7. The normalized spacial score (nSPS) is 10.3. The molecular weight excluding hydrogens is 285 g/mol. The molecule has 0 aliphatic heterocycles. The number of carbonyl (C=O) groups excluding carboxylic acids is 1. The van der Waals surface area contributed by atoms with Crippen LogP contribution < -0.4 is 11.1 Å². The van der Waals surface area contributed by atoms with Gasteiger partial charge >= 0.3 is 5.97 Å². The third-order valence-electron chi connectivity index (χ3n) is 2.75. The van der Waals surface area contributed by atoms with Crippen molar-refractivity contribution in [2.75, 3.05) is 18.2 Å². The molecule has 0 atom stereocenters. The quantitative estimate of drug-likeness (QED) is 0.518. The maximum absolute atomic E-state index is 13.6. The highest BCUT2D eigenvalue weighted by Crippen LogP contribution is 2.27. The van der Waals surface area contributed by atoms with Crippen molar-refractivity contribution in [2.45, 2.75) is 0 Å². The fourth-order valence-electron chi connectivity index (χ4n) is 1.72. The van der Waals surface area contributed by atoms with Crippen LogP contribution in [-0.4, -0.2) is 13.1 Å². The molecule has 21 heavy (non-hydrogen) atoms. The number of ether oxygens (including phenoxy) is 1. The lowest BCUT2D eigenvalue weighted by Crippen LogP contribution is -2.08. The molecule has 0 radical (unpaired) electrons. The Kier molecular flexibility index (Phi) is 4.02. The lowest BCUT2D eigenvalue weighted by atomic mass is 10.1. The van der Waals surface area contributed by atoms with Crippen LogP contribution in [-0.2, 0) is 4.74 Å². The standard InChI is InChI=1S/C14H11F3N2O2/c1-21-14(20)8-6-7(18)2-4-10(8)19-11-5-3-9(15)12(16)13(11)17/h2-6,19H,18H2,1H3. The minimum absolute atomic E-state index is 0.0432. The van der Waals surface area contributed by atoms with E-state index in [0.717, 1.165) is 12.1 Å². The molecule has 0 fully saturated rings. The summed E-state index contributed by atoms with van der Waals surface area (Å²) in [5.74, 6) is -4.99. The highest BCUT2D eigenvalue weighted by molar-refractivity contribution is 5.97.